The zero-order chi connectivity index (χ0) is 4.12. The molecule has 0 saturated carbocycles. The zero-order valence-corrected chi connectivity index (χ0v) is 3.59. The summed E-state index contributed by atoms with van der Waals surface area (Å²) in [6.45, 7) is 0. The quantitative estimate of drug-likeness (QED) is 0.274. The summed E-state index contributed by atoms with van der Waals surface area (Å²) in [5.41, 5.74) is 0. The number of nitrogens with zero attached hydrogens (tertiary/aromatic N) is 1. The molecule has 0 aromatic heterocycles. The smallest absolute Gasteiger partial charge is 0.182 e. The Labute approximate surface area is 30.9 Å². The zero-order valence-electron chi connectivity index (χ0n) is 2.43. The van der Waals surface area contributed by atoms with Crippen molar-refractivity contribution in [2.45, 2.75) is 0 Å². The van der Waals surface area contributed by atoms with Gasteiger partial charge in [0.1, 0.15) is 0 Å². The molecule has 0 amide bonds. The Morgan fingerprint density at radius 1 is 2.00 bits per heavy atom. The van der Waals surface area contributed by atoms with Crippen LogP contribution in [0.3, 0.4) is 0 Å². The third kappa shape index (κ3) is 3.52. The molecule has 0 aromatic rings. The van der Waals surface area contributed by atoms with Crippen molar-refractivity contribution < 1.29 is 4.57 Å². The first kappa shape index (κ1) is 4.52. The van der Waals surface area contributed by atoms with Gasteiger partial charge in [-0.15, -0.1) is 0 Å². The average Bonchev–Trinajstić information content (AvgIpc) is 1.41. The summed E-state index contributed by atoms with van der Waals surface area (Å²) in [5, 5.41) is 9.47. The summed E-state index contributed by atoms with van der Waals surface area (Å²) >= 11 is 0. The van der Waals surface area contributed by atoms with Crippen LogP contribution in [-0.2, 0) is 4.57 Å². The fourth-order valence-electron chi connectivity index (χ4n) is 0.0264. The molecular formula is CH3N2OP. The van der Waals surface area contributed by atoms with Crippen LogP contribution >= 0.6 is 8.61 Å². The van der Waals surface area contributed by atoms with Gasteiger partial charge in [-0.2, -0.15) is 5.26 Å². The Hall–Kier alpha value is -0.480. The molecule has 0 rings (SSSR count). The van der Waals surface area contributed by atoms with E-state index in [0.717, 1.165) is 0 Å². The number of hydrogen-bond acceptors (Lipinski definition) is 2. The highest BCUT2D eigenvalue weighted by molar-refractivity contribution is 7.21. The van der Waals surface area contributed by atoms with Gasteiger partial charge in [0, 0.05) is 0 Å². The Morgan fingerprint density at radius 3 is 2.60 bits per heavy atom. The summed E-state index contributed by atoms with van der Waals surface area (Å²) < 4.78 is 9.28. The molecule has 0 aliphatic carbocycles. The normalized spacial score (nSPS) is 7.80. The largest absolute Gasteiger partial charge is 0.306 e. The van der Waals surface area contributed by atoms with Gasteiger partial charge in [0.2, 0.25) is 0 Å². The molecule has 1 atom stereocenters. The van der Waals surface area contributed by atoms with Crippen LogP contribution in [0.1, 0.15) is 0 Å². The van der Waals surface area contributed by atoms with Gasteiger partial charge in [-0.3, -0.25) is 5.09 Å². The van der Waals surface area contributed by atoms with Crippen LogP contribution < -0.4 is 5.09 Å². The lowest BCUT2D eigenvalue weighted by Gasteiger charge is -1.62. The standard InChI is InChI=1S/CH3N2OP/c2-1-3-5-4/h5H2,(H,3,4). The minimum Gasteiger partial charge on any atom is -0.306 e. The molecule has 1 N–H and O–H groups in total. The van der Waals surface area contributed by atoms with Crippen LogP contribution in [0.4, 0.5) is 0 Å². The van der Waals surface area contributed by atoms with Crippen molar-refractivity contribution in [1.29, 1.82) is 5.26 Å². The predicted octanol–water partition coefficient (Wildman–Crippen LogP) is -0.272. The molecule has 0 saturated heterocycles. The summed E-state index contributed by atoms with van der Waals surface area (Å²) in [7, 11) is -1.08. The van der Waals surface area contributed by atoms with Crippen molar-refractivity contribution >= 4 is 8.61 Å². The van der Waals surface area contributed by atoms with Gasteiger partial charge in [0.25, 0.3) is 0 Å². The van der Waals surface area contributed by atoms with Crippen LogP contribution in [-0.4, -0.2) is 0 Å². The van der Waals surface area contributed by atoms with E-state index in [1.807, 2.05) is 5.09 Å². The van der Waals surface area contributed by atoms with Crippen molar-refractivity contribution in [3.63, 3.8) is 0 Å². The molecule has 0 aliphatic heterocycles. The number of hydrogen-bond donors (Lipinski definition) is 1. The molecule has 3 nitrogen and oxygen atoms in total. The first-order valence-corrected chi connectivity index (χ1v) is 2.05. The van der Waals surface area contributed by atoms with E-state index in [0.29, 0.717) is 0 Å². The second-order valence-electron chi connectivity index (χ2n) is 0.374. The molecule has 0 radical (unpaired) electrons. The predicted molar refractivity (Wildman–Crippen MR) is 19.1 cm³/mol. The van der Waals surface area contributed by atoms with Crippen LogP contribution in [0.15, 0.2) is 0 Å². The Morgan fingerprint density at radius 2 is 2.60 bits per heavy atom. The minimum atomic E-state index is -1.08. The Kier molecular flexibility index (Phi) is 3.18. The van der Waals surface area contributed by atoms with Gasteiger partial charge in [0.05, 0.1) is 0 Å². The van der Waals surface area contributed by atoms with Crippen LogP contribution in [0, 0.1) is 11.5 Å². The van der Waals surface area contributed by atoms with Crippen molar-refractivity contribution in [2.75, 3.05) is 0 Å². The summed E-state index contributed by atoms with van der Waals surface area (Å²) in [6.07, 6.45) is 1.49. The maximum Gasteiger partial charge on any atom is 0.182 e. The molecular weight excluding hydrogens is 87.0 g/mol. The highest BCUT2D eigenvalue weighted by Gasteiger charge is 1.52. The van der Waals surface area contributed by atoms with E-state index in [1.165, 1.54) is 6.19 Å². The maximum absolute atomic E-state index is 9.28. The molecule has 1 unspecified atom stereocenters. The first-order valence-electron chi connectivity index (χ1n) is 0.998. The van der Waals surface area contributed by atoms with E-state index >= 15 is 0 Å². The van der Waals surface area contributed by atoms with Crippen molar-refractivity contribution in [1.82, 2.24) is 5.09 Å². The molecule has 0 fully saturated rings. The molecule has 28 valence electrons. The van der Waals surface area contributed by atoms with E-state index < -0.39 is 8.61 Å². The second-order valence-corrected chi connectivity index (χ2v) is 0.898. The Bertz CT molecular complexity index is 64.5. The fourth-order valence-corrected chi connectivity index (χ4v) is 0.0791. The molecule has 0 aliphatic rings. The lowest BCUT2D eigenvalue weighted by atomic mass is 11.5. The van der Waals surface area contributed by atoms with Gasteiger partial charge < -0.3 is 4.57 Å². The second kappa shape index (κ2) is 3.52. The van der Waals surface area contributed by atoms with Crippen LogP contribution in [0.25, 0.3) is 0 Å². The summed E-state index contributed by atoms with van der Waals surface area (Å²) in [4.78, 5) is 0. The number of rotatable bonds is 1. The summed E-state index contributed by atoms with van der Waals surface area (Å²) in [5.74, 6) is 0. The fraction of sp³-hybridized carbons (Fsp3) is 0. The van der Waals surface area contributed by atoms with Crippen LogP contribution in [0.5, 0.6) is 0 Å². The van der Waals surface area contributed by atoms with Gasteiger partial charge >= 0.3 is 0 Å². The van der Waals surface area contributed by atoms with Gasteiger partial charge in [-0.1, -0.05) is 0 Å². The highest BCUT2D eigenvalue weighted by Crippen LogP contribution is 1.71. The van der Waals surface area contributed by atoms with E-state index in [9.17, 15) is 4.57 Å². The van der Waals surface area contributed by atoms with E-state index in [-0.39, 0.29) is 0 Å². The van der Waals surface area contributed by atoms with Gasteiger partial charge in [-0.25, -0.2) is 0 Å². The Balaban J connectivity index is 2.75. The topological polar surface area (TPSA) is 52.9 Å². The highest BCUT2D eigenvalue weighted by atomic mass is 31.1. The van der Waals surface area contributed by atoms with Gasteiger partial charge in [-0.05, 0) is 0 Å². The lowest BCUT2D eigenvalue weighted by Crippen LogP contribution is -1.77. The SMILES string of the molecule is N#CN[PH2]=O. The third-order valence-corrected chi connectivity index (χ3v) is 0.370. The van der Waals surface area contributed by atoms with E-state index in [2.05, 4.69) is 0 Å². The number of nitriles is 1. The monoisotopic (exact) mass is 90.0 g/mol. The number of nitrogens with one attached hydrogen (secondary N) is 1. The lowest BCUT2D eigenvalue weighted by molar-refractivity contribution is 0.596. The first-order chi connectivity index (χ1) is 2.41. The minimum absolute atomic E-state index is 1.08. The molecule has 0 heterocycles. The van der Waals surface area contributed by atoms with Crippen molar-refractivity contribution in [3.8, 4) is 6.19 Å². The molecule has 4 heteroatoms. The van der Waals surface area contributed by atoms with Gasteiger partial charge in [0.15, 0.2) is 14.8 Å². The third-order valence-electron chi connectivity index (χ3n) is 0.123. The molecule has 0 bridgehead atoms. The maximum atomic E-state index is 9.28. The molecule has 5 heavy (non-hydrogen) atoms. The van der Waals surface area contributed by atoms with Crippen molar-refractivity contribution in [3.05, 3.63) is 0 Å². The molecule has 0 aromatic carbocycles. The summed E-state index contributed by atoms with van der Waals surface area (Å²) in [6, 6.07) is 0. The average molecular weight is 90.0 g/mol. The van der Waals surface area contributed by atoms with E-state index in [1.54, 1.807) is 0 Å². The van der Waals surface area contributed by atoms with E-state index in [4.69, 9.17) is 5.26 Å². The van der Waals surface area contributed by atoms with Crippen molar-refractivity contribution in [2.24, 2.45) is 0 Å². The van der Waals surface area contributed by atoms with Crippen LogP contribution in [0.2, 0.25) is 0 Å². The molecule has 0 spiro atoms.